The first-order valence-corrected chi connectivity index (χ1v) is 8.28. The monoisotopic (exact) mass is 361 g/mol. The van der Waals surface area contributed by atoms with E-state index in [9.17, 15) is 9.59 Å². The lowest BCUT2D eigenvalue weighted by Gasteiger charge is -2.10. The van der Waals surface area contributed by atoms with Crippen LogP contribution in [0.3, 0.4) is 0 Å². The Morgan fingerprint density at radius 3 is 2.68 bits per heavy atom. The quantitative estimate of drug-likeness (QED) is 0.634. The van der Waals surface area contributed by atoms with Crippen LogP contribution in [0.15, 0.2) is 36.4 Å². The summed E-state index contributed by atoms with van der Waals surface area (Å²) >= 11 is 6.38. The maximum absolute atomic E-state index is 11.9. The number of ether oxygens (including phenoxy) is 1. The van der Waals surface area contributed by atoms with Crippen LogP contribution in [0.2, 0.25) is 5.15 Å². The standard InChI is InChI=1S/C18H20ClN3O3/c1-4-20-18(24)13(3)25-16(23)11-10-15-12(2)21-22(17(15)19)14-8-6-5-7-9-14/h5-11,13H,4H2,1-3H3,(H,20,24)/b11-10+/t13-/m1/s1. The fraction of sp³-hybridized carbons (Fsp3) is 0.278. The number of aromatic nitrogens is 2. The average molecular weight is 362 g/mol. The molecular formula is C18H20ClN3O3. The molecule has 1 heterocycles. The van der Waals surface area contributed by atoms with Gasteiger partial charge in [0.1, 0.15) is 5.15 Å². The first-order chi connectivity index (χ1) is 11.9. The second-order valence-electron chi connectivity index (χ2n) is 5.34. The minimum absolute atomic E-state index is 0.338. The number of amides is 1. The second-order valence-corrected chi connectivity index (χ2v) is 5.70. The Labute approximate surface area is 151 Å². The van der Waals surface area contributed by atoms with E-state index >= 15 is 0 Å². The van der Waals surface area contributed by atoms with Crippen LogP contribution in [0.1, 0.15) is 25.1 Å². The highest BCUT2D eigenvalue weighted by molar-refractivity contribution is 6.31. The van der Waals surface area contributed by atoms with Crippen LogP contribution in [-0.4, -0.2) is 34.3 Å². The van der Waals surface area contributed by atoms with Crippen LogP contribution < -0.4 is 5.32 Å². The van der Waals surface area contributed by atoms with Crippen molar-refractivity contribution in [3.8, 4) is 5.69 Å². The van der Waals surface area contributed by atoms with Crippen LogP contribution in [-0.2, 0) is 14.3 Å². The molecule has 1 aromatic carbocycles. The summed E-state index contributed by atoms with van der Waals surface area (Å²) in [5.74, 6) is -0.961. The Kier molecular flexibility index (Phi) is 6.36. The molecule has 0 radical (unpaired) electrons. The zero-order valence-corrected chi connectivity index (χ0v) is 15.1. The normalized spacial score (nSPS) is 12.2. The Balaban J connectivity index is 2.12. The lowest BCUT2D eigenvalue weighted by Crippen LogP contribution is -2.35. The van der Waals surface area contributed by atoms with Gasteiger partial charge < -0.3 is 10.1 Å². The van der Waals surface area contributed by atoms with Gasteiger partial charge in [-0.3, -0.25) is 4.79 Å². The van der Waals surface area contributed by atoms with Gasteiger partial charge >= 0.3 is 5.97 Å². The fourth-order valence-corrected chi connectivity index (χ4v) is 2.51. The number of carbonyl (C=O) groups is 2. The van der Waals surface area contributed by atoms with Gasteiger partial charge in [0, 0.05) is 18.2 Å². The highest BCUT2D eigenvalue weighted by Crippen LogP contribution is 2.24. The number of rotatable bonds is 6. The molecule has 1 N–H and O–H groups in total. The average Bonchev–Trinajstić information content (AvgIpc) is 2.88. The van der Waals surface area contributed by atoms with Gasteiger partial charge in [-0.05, 0) is 39.0 Å². The summed E-state index contributed by atoms with van der Waals surface area (Å²) in [5, 5.41) is 7.37. The Morgan fingerprint density at radius 2 is 2.04 bits per heavy atom. The fourth-order valence-electron chi connectivity index (χ4n) is 2.18. The van der Waals surface area contributed by atoms with E-state index in [-0.39, 0.29) is 5.91 Å². The van der Waals surface area contributed by atoms with Crippen molar-refractivity contribution in [2.45, 2.75) is 26.9 Å². The van der Waals surface area contributed by atoms with E-state index in [2.05, 4.69) is 10.4 Å². The molecule has 0 bridgehead atoms. The molecule has 0 spiro atoms. The third-order valence-electron chi connectivity index (χ3n) is 3.45. The molecule has 0 aliphatic rings. The maximum Gasteiger partial charge on any atom is 0.331 e. The largest absolute Gasteiger partial charge is 0.449 e. The lowest BCUT2D eigenvalue weighted by atomic mass is 10.2. The maximum atomic E-state index is 11.9. The molecule has 1 atom stereocenters. The number of esters is 1. The first kappa shape index (κ1) is 18.7. The van der Waals surface area contributed by atoms with Gasteiger partial charge in [0.05, 0.1) is 11.4 Å². The molecule has 6 nitrogen and oxygen atoms in total. The second kappa shape index (κ2) is 8.48. The van der Waals surface area contributed by atoms with Crippen molar-refractivity contribution >= 4 is 29.6 Å². The smallest absolute Gasteiger partial charge is 0.331 e. The van der Waals surface area contributed by atoms with E-state index in [1.165, 1.54) is 19.1 Å². The number of nitrogens with one attached hydrogen (secondary N) is 1. The van der Waals surface area contributed by atoms with Crippen molar-refractivity contribution in [1.82, 2.24) is 15.1 Å². The zero-order valence-electron chi connectivity index (χ0n) is 14.3. The Bertz CT molecular complexity index is 784. The molecule has 1 aromatic heterocycles. The Morgan fingerprint density at radius 1 is 1.36 bits per heavy atom. The molecule has 0 saturated carbocycles. The molecule has 7 heteroatoms. The zero-order chi connectivity index (χ0) is 18.4. The number of nitrogens with zero attached hydrogens (tertiary/aromatic N) is 2. The molecular weight excluding hydrogens is 342 g/mol. The molecule has 0 unspecified atom stereocenters. The molecule has 25 heavy (non-hydrogen) atoms. The van der Waals surface area contributed by atoms with Gasteiger partial charge in [-0.15, -0.1) is 0 Å². The van der Waals surface area contributed by atoms with Gasteiger partial charge in [0.25, 0.3) is 5.91 Å². The highest BCUT2D eigenvalue weighted by atomic mass is 35.5. The van der Waals surface area contributed by atoms with Gasteiger partial charge in [0.15, 0.2) is 6.10 Å². The van der Waals surface area contributed by atoms with Crippen LogP contribution in [0, 0.1) is 6.92 Å². The minimum Gasteiger partial charge on any atom is -0.449 e. The molecule has 2 rings (SSSR count). The summed E-state index contributed by atoms with van der Waals surface area (Å²) in [4.78, 5) is 23.4. The number of hydrogen-bond acceptors (Lipinski definition) is 4. The molecule has 2 aromatic rings. The van der Waals surface area contributed by atoms with Gasteiger partial charge in [-0.1, -0.05) is 29.8 Å². The predicted molar refractivity (Wildman–Crippen MR) is 96.6 cm³/mol. The van der Waals surface area contributed by atoms with Gasteiger partial charge in [-0.2, -0.15) is 5.10 Å². The molecule has 1 amide bonds. The number of likely N-dealkylation sites (N-methyl/N-ethyl adjacent to an activating group) is 1. The number of benzene rings is 1. The molecule has 0 aliphatic carbocycles. The van der Waals surface area contributed by atoms with Crippen molar-refractivity contribution in [3.05, 3.63) is 52.8 Å². The van der Waals surface area contributed by atoms with Gasteiger partial charge in [0.2, 0.25) is 0 Å². The predicted octanol–water partition coefficient (Wildman–Crippen LogP) is 2.92. The molecule has 0 fully saturated rings. The summed E-state index contributed by atoms with van der Waals surface area (Å²) in [6, 6.07) is 9.44. The number of hydrogen-bond donors (Lipinski definition) is 1. The van der Waals surface area contributed by atoms with Crippen molar-refractivity contribution in [3.63, 3.8) is 0 Å². The van der Waals surface area contributed by atoms with E-state index in [4.69, 9.17) is 16.3 Å². The molecule has 0 saturated heterocycles. The van der Waals surface area contributed by atoms with Crippen molar-refractivity contribution < 1.29 is 14.3 Å². The third kappa shape index (κ3) is 4.70. The summed E-state index contributed by atoms with van der Waals surface area (Å²) in [6.07, 6.45) is 1.92. The summed E-state index contributed by atoms with van der Waals surface area (Å²) in [5.41, 5.74) is 2.12. The van der Waals surface area contributed by atoms with Crippen LogP contribution in [0.25, 0.3) is 11.8 Å². The van der Waals surface area contributed by atoms with E-state index in [1.807, 2.05) is 30.3 Å². The van der Waals surface area contributed by atoms with Crippen LogP contribution in [0.4, 0.5) is 0 Å². The van der Waals surface area contributed by atoms with Crippen molar-refractivity contribution in [2.75, 3.05) is 6.54 Å². The summed E-state index contributed by atoms with van der Waals surface area (Å²) < 4.78 is 6.65. The SMILES string of the molecule is CCNC(=O)[C@@H](C)OC(=O)/C=C/c1c(C)nn(-c2ccccc2)c1Cl. The summed E-state index contributed by atoms with van der Waals surface area (Å²) in [6.45, 7) is 5.58. The Hall–Kier alpha value is -2.60. The number of para-hydroxylation sites is 1. The van der Waals surface area contributed by atoms with E-state index in [1.54, 1.807) is 18.5 Å². The topological polar surface area (TPSA) is 73.2 Å². The van der Waals surface area contributed by atoms with Gasteiger partial charge in [-0.25, -0.2) is 9.48 Å². The van der Waals surface area contributed by atoms with Crippen LogP contribution in [0.5, 0.6) is 0 Å². The molecule has 0 aliphatic heterocycles. The highest BCUT2D eigenvalue weighted by Gasteiger charge is 2.16. The number of carbonyl (C=O) groups excluding carboxylic acids is 2. The van der Waals surface area contributed by atoms with Crippen molar-refractivity contribution in [2.24, 2.45) is 0 Å². The first-order valence-electron chi connectivity index (χ1n) is 7.91. The molecule has 132 valence electrons. The van der Waals surface area contributed by atoms with Crippen molar-refractivity contribution in [1.29, 1.82) is 0 Å². The third-order valence-corrected chi connectivity index (χ3v) is 3.81. The number of halogens is 1. The van der Waals surface area contributed by atoms with Crippen LogP contribution >= 0.6 is 11.6 Å². The minimum atomic E-state index is -0.860. The van der Waals surface area contributed by atoms with E-state index in [0.29, 0.717) is 23.0 Å². The van der Waals surface area contributed by atoms with E-state index in [0.717, 1.165) is 5.69 Å². The van der Waals surface area contributed by atoms with E-state index < -0.39 is 12.1 Å². The number of aryl methyl sites for hydroxylation is 1. The summed E-state index contributed by atoms with van der Waals surface area (Å²) in [7, 11) is 0. The lowest BCUT2D eigenvalue weighted by molar-refractivity contribution is -0.150.